The highest BCUT2D eigenvalue weighted by Crippen LogP contribution is 2.35. The van der Waals surface area contributed by atoms with Crippen molar-refractivity contribution in [2.75, 3.05) is 13.1 Å². The highest BCUT2D eigenvalue weighted by atomic mass is 16.4. The Hall–Kier alpha value is -1.78. The van der Waals surface area contributed by atoms with Crippen LogP contribution in [0.15, 0.2) is 16.7 Å². The van der Waals surface area contributed by atoms with E-state index >= 15 is 0 Å². The van der Waals surface area contributed by atoms with Crippen molar-refractivity contribution in [3.63, 3.8) is 0 Å². The van der Waals surface area contributed by atoms with E-state index in [9.17, 15) is 14.7 Å². The van der Waals surface area contributed by atoms with Crippen molar-refractivity contribution in [2.45, 2.75) is 33.1 Å². The van der Waals surface area contributed by atoms with E-state index in [1.165, 1.54) is 6.26 Å². The van der Waals surface area contributed by atoms with Gasteiger partial charge in [-0.05, 0) is 32.3 Å². The maximum Gasteiger partial charge on any atom is 0.309 e. The minimum atomic E-state index is -0.749. The number of carboxylic acids is 1. The lowest BCUT2D eigenvalue weighted by atomic mass is 9.76. The van der Waals surface area contributed by atoms with E-state index in [4.69, 9.17) is 4.42 Å². The average molecular weight is 265 g/mol. The fourth-order valence-corrected chi connectivity index (χ4v) is 2.63. The molecule has 0 aromatic carbocycles. The highest BCUT2D eigenvalue weighted by Gasteiger charge is 2.41. The summed E-state index contributed by atoms with van der Waals surface area (Å²) in [6.07, 6.45) is 3.14. The Labute approximate surface area is 112 Å². The molecule has 0 atom stereocenters. The van der Waals surface area contributed by atoms with Crippen LogP contribution in [0.5, 0.6) is 0 Å². The normalized spacial score (nSPS) is 18.3. The molecule has 0 bridgehead atoms. The number of carbonyl (C=O) groups is 2. The zero-order valence-corrected chi connectivity index (χ0v) is 11.3. The van der Waals surface area contributed by atoms with Gasteiger partial charge in [0.05, 0.1) is 17.2 Å². The number of hydrogen-bond acceptors (Lipinski definition) is 3. The third-order valence-corrected chi connectivity index (χ3v) is 4.23. The molecule has 1 aliphatic rings. The minimum absolute atomic E-state index is 0.0682. The Bertz CT molecular complexity index is 483. The number of hydrogen-bond donors (Lipinski definition) is 1. The number of aliphatic carboxylic acids is 1. The topological polar surface area (TPSA) is 70.8 Å². The first-order chi connectivity index (χ1) is 9.00. The SMILES string of the molecule is CCC1(C(=O)O)CCN(C(=O)c2ccoc2C)CC1. The molecule has 1 fully saturated rings. The van der Waals surface area contributed by atoms with E-state index in [1.807, 2.05) is 6.92 Å². The van der Waals surface area contributed by atoms with Crippen molar-refractivity contribution in [2.24, 2.45) is 5.41 Å². The van der Waals surface area contributed by atoms with Gasteiger partial charge in [-0.2, -0.15) is 0 Å². The molecule has 0 unspecified atom stereocenters. The molecule has 1 amide bonds. The quantitative estimate of drug-likeness (QED) is 0.910. The van der Waals surface area contributed by atoms with E-state index in [0.717, 1.165) is 0 Å². The second-order valence-electron chi connectivity index (χ2n) is 5.12. The second kappa shape index (κ2) is 5.07. The van der Waals surface area contributed by atoms with Crippen LogP contribution in [0, 0.1) is 12.3 Å². The molecular formula is C14H19NO4. The van der Waals surface area contributed by atoms with Crippen molar-refractivity contribution < 1.29 is 19.1 Å². The van der Waals surface area contributed by atoms with Crippen LogP contribution in [0.2, 0.25) is 0 Å². The summed E-state index contributed by atoms with van der Waals surface area (Å²) < 4.78 is 5.14. The standard InChI is InChI=1S/C14H19NO4/c1-3-14(13(17)18)5-7-15(8-6-14)12(16)11-4-9-19-10(11)2/h4,9H,3,5-8H2,1-2H3,(H,17,18). The highest BCUT2D eigenvalue weighted by molar-refractivity contribution is 5.95. The van der Waals surface area contributed by atoms with Crippen LogP contribution in [0.25, 0.3) is 0 Å². The molecule has 0 spiro atoms. The molecule has 1 N–H and O–H groups in total. The summed E-state index contributed by atoms with van der Waals surface area (Å²) in [4.78, 5) is 25.3. The van der Waals surface area contributed by atoms with Gasteiger partial charge in [-0.1, -0.05) is 6.92 Å². The number of likely N-dealkylation sites (tertiary alicyclic amines) is 1. The number of aryl methyl sites for hydroxylation is 1. The molecule has 1 aromatic rings. The van der Waals surface area contributed by atoms with Crippen LogP contribution >= 0.6 is 0 Å². The van der Waals surface area contributed by atoms with E-state index in [0.29, 0.717) is 43.7 Å². The summed E-state index contributed by atoms with van der Waals surface area (Å²) in [6, 6.07) is 1.66. The number of rotatable bonds is 3. The van der Waals surface area contributed by atoms with Crippen LogP contribution in [-0.4, -0.2) is 35.0 Å². The van der Waals surface area contributed by atoms with Crippen LogP contribution in [0.1, 0.15) is 42.3 Å². The van der Waals surface area contributed by atoms with Crippen LogP contribution < -0.4 is 0 Å². The fraction of sp³-hybridized carbons (Fsp3) is 0.571. The molecule has 0 aliphatic carbocycles. The Morgan fingerprint density at radius 1 is 1.42 bits per heavy atom. The molecule has 5 heteroatoms. The van der Waals surface area contributed by atoms with Crippen molar-refractivity contribution >= 4 is 11.9 Å². The summed E-state index contributed by atoms with van der Waals surface area (Å²) in [6.45, 7) is 4.63. The Balaban J connectivity index is 2.06. The summed E-state index contributed by atoms with van der Waals surface area (Å²) in [5.74, 6) is -0.210. The molecular weight excluding hydrogens is 246 g/mol. The number of piperidine rings is 1. The molecule has 1 saturated heterocycles. The largest absolute Gasteiger partial charge is 0.481 e. The molecule has 1 aliphatic heterocycles. The third kappa shape index (κ3) is 2.37. The predicted molar refractivity (Wildman–Crippen MR) is 68.9 cm³/mol. The van der Waals surface area contributed by atoms with Gasteiger partial charge in [0.25, 0.3) is 5.91 Å². The summed E-state index contributed by atoms with van der Waals surface area (Å²) >= 11 is 0. The van der Waals surface area contributed by atoms with Gasteiger partial charge in [-0.3, -0.25) is 9.59 Å². The number of carboxylic acid groups (broad SMARTS) is 1. The Morgan fingerprint density at radius 2 is 2.05 bits per heavy atom. The maximum atomic E-state index is 12.3. The molecule has 2 heterocycles. The molecule has 19 heavy (non-hydrogen) atoms. The molecule has 2 rings (SSSR count). The molecule has 1 aromatic heterocycles. The van der Waals surface area contributed by atoms with Gasteiger partial charge in [0.1, 0.15) is 5.76 Å². The van der Waals surface area contributed by atoms with Gasteiger partial charge < -0.3 is 14.4 Å². The van der Waals surface area contributed by atoms with Crippen molar-refractivity contribution in [3.05, 3.63) is 23.7 Å². The van der Waals surface area contributed by atoms with Crippen molar-refractivity contribution in [1.82, 2.24) is 4.90 Å². The lowest BCUT2D eigenvalue weighted by Gasteiger charge is -2.38. The molecule has 0 radical (unpaired) electrons. The van der Waals surface area contributed by atoms with E-state index < -0.39 is 11.4 Å². The maximum absolute atomic E-state index is 12.3. The van der Waals surface area contributed by atoms with Gasteiger partial charge in [0, 0.05) is 13.1 Å². The predicted octanol–water partition coefficient (Wildman–Crippen LogP) is 2.31. The van der Waals surface area contributed by atoms with Crippen LogP contribution in [-0.2, 0) is 4.79 Å². The zero-order valence-electron chi connectivity index (χ0n) is 11.3. The van der Waals surface area contributed by atoms with Crippen molar-refractivity contribution in [1.29, 1.82) is 0 Å². The number of furan rings is 1. The molecule has 104 valence electrons. The van der Waals surface area contributed by atoms with Gasteiger partial charge >= 0.3 is 5.97 Å². The molecule has 0 saturated carbocycles. The Kier molecular flexibility index (Phi) is 3.64. The first kappa shape index (κ1) is 13.6. The van der Waals surface area contributed by atoms with Gasteiger partial charge in [0.2, 0.25) is 0 Å². The number of nitrogens with zero attached hydrogens (tertiary/aromatic N) is 1. The van der Waals surface area contributed by atoms with E-state index in [-0.39, 0.29) is 5.91 Å². The zero-order chi connectivity index (χ0) is 14.0. The van der Waals surface area contributed by atoms with Gasteiger partial charge in [-0.15, -0.1) is 0 Å². The van der Waals surface area contributed by atoms with E-state index in [2.05, 4.69) is 0 Å². The second-order valence-corrected chi connectivity index (χ2v) is 5.12. The number of amides is 1. The van der Waals surface area contributed by atoms with Gasteiger partial charge in [-0.25, -0.2) is 0 Å². The van der Waals surface area contributed by atoms with E-state index in [1.54, 1.807) is 17.9 Å². The van der Waals surface area contributed by atoms with Crippen LogP contribution in [0.3, 0.4) is 0 Å². The third-order valence-electron chi connectivity index (χ3n) is 4.23. The average Bonchev–Trinajstić information content (AvgIpc) is 2.84. The fourth-order valence-electron chi connectivity index (χ4n) is 2.63. The van der Waals surface area contributed by atoms with Gasteiger partial charge in [0.15, 0.2) is 0 Å². The minimum Gasteiger partial charge on any atom is -0.481 e. The lowest BCUT2D eigenvalue weighted by Crippen LogP contribution is -2.46. The summed E-state index contributed by atoms with van der Waals surface area (Å²) in [7, 11) is 0. The summed E-state index contributed by atoms with van der Waals surface area (Å²) in [5.41, 5.74) is -0.0956. The van der Waals surface area contributed by atoms with Crippen molar-refractivity contribution in [3.8, 4) is 0 Å². The first-order valence-electron chi connectivity index (χ1n) is 6.57. The Morgan fingerprint density at radius 3 is 2.47 bits per heavy atom. The number of carbonyl (C=O) groups excluding carboxylic acids is 1. The summed E-state index contributed by atoms with van der Waals surface area (Å²) in [5, 5.41) is 9.32. The van der Waals surface area contributed by atoms with Crippen LogP contribution in [0.4, 0.5) is 0 Å². The monoisotopic (exact) mass is 265 g/mol. The smallest absolute Gasteiger partial charge is 0.309 e. The first-order valence-corrected chi connectivity index (χ1v) is 6.57. The molecule has 5 nitrogen and oxygen atoms in total. The lowest BCUT2D eigenvalue weighted by molar-refractivity contribution is -0.152.